The molecule has 1 rings (SSSR count). The van der Waals surface area contributed by atoms with Crippen molar-refractivity contribution in [2.75, 3.05) is 7.05 Å². The van der Waals surface area contributed by atoms with Gasteiger partial charge in [-0.15, -0.1) is 0 Å². The quantitative estimate of drug-likeness (QED) is 0.423. The number of hydrazine groups is 1. The van der Waals surface area contributed by atoms with Crippen LogP contribution in [-0.2, 0) is 0 Å². The van der Waals surface area contributed by atoms with E-state index in [0.717, 1.165) is 0 Å². The summed E-state index contributed by atoms with van der Waals surface area (Å²) in [6, 6.07) is -0.148. The van der Waals surface area contributed by atoms with Crippen molar-refractivity contribution in [3.63, 3.8) is 0 Å². The molecular formula is C4H8N2O. The lowest BCUT2D eigenvalue weighted by molar-refractivity contribution is 0.135. The Morgan fingerprint density at radius 3 is 3.14 bits per heavy atom. The zero-order valence-electron chi connectivity index (χ0n) is 5.97. The van der Waals surface area contributed by atoms with Crippen molar-refractivity contribution in [2.45, 2.75) is 6.20 Å². The second-order valence-electron chi connectivity index (χ2n) is 1.34. The lowest BCUT2D eigenvalue weighted by Crippen LogP contribution is -2.31. The summed E-state index contributed by atoms with van der Waals surface area (Å²) < 4.78 is 14.0. The number of hydrogen-bond donors (Lipinski definition) is 2. The summed E-state index contributed by atoms with van der Waals surface area (Å²) in [5.74, 6) is 0. The Bertz CT molecular complexity index is 157. The maximum atomic E-state index is 8.89. The highest BCUT2D eigenvalue weighted by Gasteiger charge is 2.04. The summed E-state index contributed by atoms with van der Waals surface area (Å²) in [7, 11) is 1.61. The van der Waals surface area contributed by atoms with Crippen LogP contribution in [0.1, 0.15) is 2.74 Å². The molecule has 0 spiro atoms. The molecule has 1 unspecified atom stereocenters. The molecule has 2 N–H and O–H groups in total. The van der Waals surface area contributed by atoms with E-state index in [1.165, 1.54) is 11.2 Å². The van der Waals surface area contributed by atoms with Crippen LogP contribution in [0.3, 0.4) is 0 Å². The minimum Gasteiger partial charge on any atom is -0.373 e. The summed E-state index contributed by atoms with van der Waals surface area (Å²) in [5.41, 5.74) is 2.32. The van der Waals surface area contributed by atoms with Crippen molar-refractivity contribution in [1.82, 2.24) is 10.4 Å². The predicted octanol–water partition coefficient (Wildman–Crippen LogP) is -0.731. The van der Waals surface area contributed by atoms with Crippen molar-refractivity contribution in [3.05, 3.63) is 12.3 Å². The highest BCUT2D eigenvalue weighted by molar-refractivity contribution is 4.90. The average molecular weight is 102 g/mol. The zero-order chi connectivity index (χ0) is 7.07. The van der Waals surface area contributed by atoms with Crippen LogP contribution < -0.4 is 5.43 Å². The van der Waals surface area contributed by atoms with E-state index in [9.17, 15) is 0 Å². The summed E-state index contributed by atoms with van der Waals surface area (Å²) in [5, 5.41) is 10.3. The highest BCUT2D eigenvalue weighted by Crippen LogP contribution is 1.92. The summed E-state index contributed by atoms with van der Waals surface area (Å²) in [6.45, 7) is 0. The van der Waals surface area contributed by atoms with Gasteiger partial charge in [0.15, 0.2) is 0 Å². The molecule has 0 aromatic heterocycles. The van der Waals surface area contributed by atoms with Crippen LogP contribution in [0.15, 0.2) is 12.3 Å². The van der Waals surface area contributed by atoms with Gasteiger partial charge in [0.05, 0.1) is 2.74 Å². The fraction of sp³-hybridized carbons (Fsp3) is 0.500. The number of aliphatic hydroxyl groups is 1. The third kappa shape index (κ3) is 0.913. The van der Waals surface area contributed by atoms with Gasteiger partial charge in [-0.25, -0.2) is 5.43 Å². The first-order valence-corrected chi connectivity index (χ1v) is 1.94. The maximum absolute atomic E-state index is 8.89. The van der Waals surface area contributed by atoms with E-state index in [4.69, 9.17) is 7.85 Å². The Morgan fingerprint density at radius 1 is 2.29 bits per heavy atom. The van der Waals surface area contributed by atoms with E-state index in [0.29, 0.717) is 0 Å². The molecule has 3 nitrogen and oxygen atoms in total. The fourth-order valence-corrected chi connectivity index (χ4v) is 0.390. The van der Waals surface area contributed by atoms with E-state index in [-0.39, 0.29) is 6.05 Å². The molecule has 0 aliphatic carbocycles. The van der Waals surface area contributed by atoms with E-state index < -0.39 is 6.20 Å². The van der Waals surface area contributed by atoms with Crippen LogP contribution in [0.2, 0.25) is 0 Å². The lowest BCUT2D eigenvalue weighted by atomic mass is 10.6. The molecular weight excluding hydrogens is 92.1 g/mol. The fourth-order valence-electron chi connectivity index (χ4n) is 0.390. The monoisotopic (exact) mass is 102 g/mol. The van der Waals surface area contributed by atoms with Gasteiger partial charge < -0.3 is 10.1 Å². The summed E-state index contributed by atoms with van der Waals surface area (Å²) in [4.78, 5) is 0. The second-order valence-corrected chi connectivity index (χ2v) is 1.34. The van der Waals surface area contributed by atoms with Gasteiger partial charge in [0.2, 0.25) is 0 Å². The number of nitrogens with zero attached hydrogens (tertiary/aromatic N) is 1. The van der Waals surface area contributed by atoms with Crippen LogP contribution >= 0.6 is 0 Å². The normalized spacial score (nSPS) is 45.4. The molecule has 0 aromatic rings. The van der Waals surface area contributed by atoms with E-state index in [1.807, 2.05) is 0 Å². The van der Waals surface area contributed by atoms with Gasteiger partial charge in [-0.2, -0.15) is 0 Å². The maximum Gasteiger partial charge on any atom is 0.142 e. The molecule has 0 saturated heterocycles. The molecule has 1 aliphatic rings. The van der Waals surface area contributed by atoms with Crippen LogP contribution in [0, 0.1) is 0 Å². The minimum atomic E-state index is -1.92. The third-order valence-electron chi connectivity index (χ3n) is 0.677. The second kappa shape index (κ2) is 1.52. The van der Waals surface area contributed by atoms with Gasteiger partial charge in [-0.05, 0) is 6.05 Å². The lowest BCUT2D eigenvalue weighted by Gasteiger charge is -2.08. The molecule has 0 fully saturated rings. The van der Waals surface area contributed by atoms with Gasteiger partial charge in [0, 0.05) is 13.2 Å². The van der Waals surface area contributed by atoms with E-state index in [1.54, 1.807) is 7.05 Å². The smallest absolute Gasteiger partial charge is 0.142 e. The third-order valence-corrected chi connectivity index (χ3v) is 0.677. The van der Waals surface area contributed by atoms with Crippen molar-refractivity contribution in [3.8, 4) is 0 Å². The molecule has 1 heterocycles. The highest BCUT2D eigenvalue weighted by atomic mass is 16.3. The van der Waals surface area contributed by atoms with Gasteiger partial charge >= 0.3 is 0 Å². The van der Waals surface area contributed by atoms with Crippen molar-refractivity contribution >= 4 is 0 Å². The van der Waals surface area contributed by atoms with Crippen molar-refractivity contribution in [1.29, 1.82) is 0 Å². The average Bonchev–Trinajstić information content (AvgIpc) is 1.79. The molecule has 0 aromatic carbocycles. The standard InChI is InChI=1S/C4H8N2O/c1-6-3-2-4(7)5-6/h2-5,7H,1H3/i2D,4D. The number of rotatable bonds is 0. The molecule has 0 saturated carbocycles. The number of nitrogens with one attached hydrogen (secondary N) is 1. The van der Waals surface area contributed by atoms with E-state index in [2.05, 4.69) is 5.43 Å². The molecule has 7 heavy (non-hydrogen) atoms. The minimum absolute atomic E-state index is 0.148. The first-order chi connectivity index (χ1) is 4.02. The first-order valence-electron chi connectivity index (χ1n) is 2.94. The molecule has 0 amide bonds. The molecule has 0 bridgehead atoms. The number of hydrogen-bond acceptors (Lipinski definition) is 3. The largest absolute Gasteiger partial charge is 0.373 e. The molecule has 3 heteroatoms. The molecule has 0 radical (unpaired) electrons. The van der Waals surface area contributed by atoms with Crippen molar-refractivity contribution in [2.24, 2.45) is 0 Å². The Hall–Kier alpha value is -0.540. The van der Waals surface area contributed by atoms with Crippen LogP contribution in [0.25, 0.3) is 0 Å². The molecule has 1 aliphatic heterocycles. The van der Waals surface area contributed by atoms with Gasteiger partial charge in [0.25, 0.3) is 0 Å². The SMILES string of the molecule is [2H]C1=CN(C)NC1([2H])O. The molecule has 1 atom stereocenters. The molecule has 40 valence electrons. The van der Waals surface area contributed by atoms with Gasteiger partial charge in [-0.1, -0.05) is 0 Å². The Kier molecular flexibility index (Phi) is 0.583. The predicted molar refractivity (Wildman–Crippen MR) is 26.0 cm³/mol. The summed E-state index contributed by atoms with van der Waals surface area (Å²) >= 11 is 0. The Balaban J connectivity index is 2.76. The van der Waals surface area contributed by atoms with Gasteiger partial charge in [-0.3, -0.25) is 0 Å². The van der Waals surface area contributed by atoms with Gasteiger partial charge in [0.1, 0.15) is 6.20 Å². The Morgan fingerprint density at radius 2 is 3.00 bits per heavy atom. The van der Waals surface area contributed by atoms with Crippen LogP contribution in [0.5, 0.6) is 0 Å². The summed E-state index contributed by atoms with van der Waals surface area (Å²) in [6.07, 6.45) is -0.582. The van der Waals surface area contributed by atoms with E-state index >= 15 is 0 Å². The zero-order valence-corrected chi connectivity index (χ0v) is 3.97. The van der Waals surface area contributed by atoms with Crippen LogP contribution in [0.4, 0.5) is 0 Å². The van der Waals surface area contributed by atoms with Crippen molar-refractivity contribution < 1.29 is 7.85 Å². The Labute approximate surface area is 45.0 Å². The topological polar surface area (TPSA) is 35.5 Å². The first kappa shape index (κ1) is 2.69. The van der Waals surface area contributed by atoms with Crippen LogP contribution in [-0.4, -0.2) is 23.4 Å².